The largest absolute Gasteiger partial charge is 0.435 e. The van der Waals surface area contributed by atoms with Crippen LogP contribution in [0.15, 0.2) is 6.07 Å². The zero-order chi connectivity index (χ0) is 16.9. The van der Waals surface area contributed by atoms with E-state index in [1.807, 2.05) is 0 Å². The normalized spacial score (nSPS) is 19.7. The highest BCUT2D eigenvalue weighted by molar-refractivity contribution is 5.76. The monoisotopic (exact) mass is 333 g/mol. The SMILES string of the molecule is NCCC(=O)NCC1CCCCN1Cc1cc(C(F)(F)F)n[nH]1. The zero-order valence-corrected chi connectivity index (χ0v) is 12.8. The molecule has 0 aromatic carbocycles. The van der Waals surface area contributed by atoms with Gasteiger partial charge in [0.2, 0.25) is 5.91 Å². The van der Waals surface area contributed by atoms with E-state index >= 15 is 0 Å². The molecule has 1 aliphatic heterocycles. The Bertz CT molecular complexity index is 517. The maximum absolute atomic E-state index is 12.6. The number of alkyl halides is 3. The summed E-state index contributed by atoms with van der Waals surface area (Å²) in [6, 6.07) is 1.15. The molecule has 130 valence electrons. The van der Waals surface area contributed by atoms with Crippen LogP contribution in [-0.4, -0.2) is 46.7 Å². The van der Waals surface area contributed by atoms with E-state index in [0.29, 0.717) is 25.3 Å². The number of amides is 1. The molecule has 1 aromatic heterocycles. The van der Waals surface area contributed by atoms with Gasteiger partial charge in [-0.05, 0) is 25.5 Å². The summed E-state index contributed by atoms with van der Waals surface area (Å²) in [5.41, 5.74) is 4.85. The van der Waals surface area contributed by atoms with Crippen LogP contribution in [0.5, 0.6) is 0 Å². The highest BCUT2D eigenvalue weighted by atomic mass is 19.4. The minimum atomic E-state index is -4.44. The number of H-pyrrole nitrogens is 1. The first-order valence-electron chi connectivity index (χ1n) is 7.72. The first kappa shape index (κ1) is 17.7. The van der Waals surface area contributed by atoms with Crippen molar-refractivity contribution in [2.24, 2.45) is 5.73 Å². The second kappa shape index (κ2) is 7.78. The van der Waals surface area contributed by atoms with Gasteiger partial charge >= 0.3 is 6.18 Å². The molecule has 23 heavy (non-hydrogen) atoms. The highest BCUT2D eigenvalue weighted by Crippen LogP contribution is 2.28. The Kier molecular flexibility index (Phi) is 6.00. The predicted molar refractivity (Wildman–Crippen MR) is 78.3 cm³/mol. The first-order valence-corrected chi connectivity index (χ1v) is 7.72. The van der Waals surface area contributed by atoms with E-state index < -0.39 is 11.9 Å². The van der Waals surface area contributed by atoms with Crippen LogP contribution < -0.4 is 11.1 Å². The molecule has 2 heterocycles. The number of hydrogen-bond donors (Lipinski definition) is 3. The van der Waals surface area contributed by atoms with Crippen LogP contribution in [-0.2, 0) is 17.5 Å². The molecular weight excluding hydrogens is 311 g/mol. The second-order valence-corrected chi connectivity index (χ2v) is 5.74. The van der Waals surface area contributed by atoms with Crippen molar-refractivity contribution in [3.8, 4) is 0 Å². The number of nitrogens with two attached hydrogens (primary N) is 1. The van der Waals surface area contributed by atoms with Gasteiger partial charge in [0.15, 0.2) is 5.69 Å². The Hall–Kier alpha value is -1.61. The van der Waals surface area contributed by atoms with Crippen molar-refractivity contribution in [3.05, 3.63) is 17.5 Å². The molecule has 0 aliphatic carbocycles. The number of carbonyl (C=O) groups is 1. The molecule has 1 aliphatic rings. The highest BCUT2D eigenvalue weighted by Gasteiger charge is 2.34. The van der Waals surface area contributed by atoms with Crippen molar-refractivity contribution < 1.29 is 18.0 Å². The van der Waals surface area contributed by atoms with Crippen molar-refractivity contribution in [2.45, 2.75) is 44.4 Å². The Balaban J connectivity index is 1.93. The lowest BCUT2D eigenvalue weighted by Crippen LogP contribution is -2.46. The third-order valence-electron chi connectivity index (χ3n) is 3.95. The van der Waals surface area contributed by atoms with Gasteiger partial charge in [-0.2, -0.15) is 18.3 Å². The van der Waals surface area contributed by atoms with Crippen LogP contribution in [0, 0.1) is 0 Å². The molecule has 1 saturated heterocycles. The smallest absolute Gasteiger partial charge is 0.354 e. The van der Waals surface area contributed by atoms with Crippen LogP contribution in [0.25, 0.3) is 0 Å². The summed E-state index contributed by atoms with van der Waals surface area (Å²) in [6.45, 7) is 1.94. The minimum Gasteiger partial charge on any atom is -0.354 e. The molecule has 0 saturated carbocycles. The molecule has 0 spiro atoms. The third-order valence-corrected chi connectivity index (χ3v) is 3.95. The molecule has 1 amide bonds. The maximum atomic E-state index is 12.6. The van der Waals surface area contributed by atoms with E-state index in [9.17, 15) is 18.0 Å². The molecule has 1 unspecified atom stereocenters. The molecule has 1 atom stereocenters. The summed E-state index contributed by atoms with van der Waals surface area (Å²) in [7, 11) is 0. The zero-order valence-electron chi connectivity index (χ0n) is 12.8. The number of nitrogens with zero attached hydrogens (tertiary/aromatic N) is 2. The van der Waals surface area contributed by atoms with E-state index in [1.54, 1.807) is 0 Å². The summed E-state index contributed by atoms with van der Waals surface area (Å²) in [5.74, 6) is -0.0982. The Morgan fingerprint density at radius 1 is 1.48 bits per heavy atom. The number of nitrogens with one attached hydrogen (secondary N) is 2. The number of aromatic nitrogens is 2. The molecular formula is C14H22F3N5O. The number of halogens is 3. The average Bonchev–Trinajstić information content (AvgIpc) is 2.95. The van der Waals surface area contributed by atoms with Crippen molar-refractivity contribution in [1.29, 1.82) is 0 Å². The van der Waals surface area contributed by atoms with Crippen LogP contribution >= 0.6 is 0 Å². The van der Waals surface area contributed by atoms with Crippen molar-refractivity contribution in [1.82, 2.24) is 20.4 Å². The van der Waals surface area contributed by atoms with Gasteiger partial charge < -0.3 is 11.1 Å². The first-order chi connectivity index (χ1) is 10.9. The van der Waals surface area contributed by atoms with Gasteiger partial charge in [-0.3, -0.25) is 14.8 Å². The van der Waals surface area contributed by atoms with E-state index in [-0.39, 0.29) is 18.4 Å². The van der Waals surface area contributed by atoms with E-state index in [1.165, 1.54) is 0 Å². The van der Waals surface area contributed by atoms with Gasteiger partial charge in [0.05, 0.1) is 0 Å². The standard InChI is InChI=1S/C14H22F3N5O/c15-14(16,17)12-7-10(20-21-12)9-22-6-2-1-3-11(22)8-19-13(23)4-5-18/h7,11H,1-6,8-9,18H2,(H,19,23)(H,20,21). The number of piperidine rings is 1. The number of likely N-dealkylation sites (tertiary alicyclic amines) is 1. The van der Waals surface area contributed by atoms with E-state index in [2.05, 4.69) is 20.4 Å². The van der Waals surface area contributed by atoms with Gasteiger partial charge in [-0.25, -0.2) is 0 Å². The van der Waals surface area contributed by atoms with Gasteiger partial charge in [0.25, 0.3) is 0 Å². The Labute approximate surface area is 132 Å². The fourth-order valence-electron chi connectivity index (χ4n) is 2.76. The quantitative estimate of drug-likeness (QED) is 0.731. The molecule has 2 rings (SSSR count). The fraction of sp³-hybridized carbons (Fsp3) is 0.714. The molecule has 0 radical (unpaired) electrons. The van der Waals surface area contributed by atoms with E-state index in [4.69, 9.17) is 5.73 Å². The lowest BCUT2D eigenvalue weighted by atomic mass is 10.0. The van der Waals surface area contributed by atoms with Crippen LogP contribution in [0.4, 0.5) is 13.2 Å². The number of aromatic amines is 1. The number of rotatable bonds is 6. The minimum absolute atomic E-state index is 0.0982. The molecule has 0 bridgehead atoms. The van der Waals surface area contributed by atoms with E-state index in [0.717, 1.165) is 31.9 Å². The second-order valence-electron chi connectivity index (χ2n) is 5.74. The van der Waals surface area contributed by atoms with Gasteiger partial charge in [0.1, 0.15) is 0 Å². The summed E-state index contributed by atoms with van der Waals surface area (Å²) in [5, 5.41) is 8.60. The lowest BCUT2D eigenvalue weighted by Gasteiger charge is -2.35. The molecule has 1 aromatic rings. The van der Waals surface area contributed by atoms with Crippen molar-refractivity contribution in [3.63, 3.8) is 0 Å². The third kappa shape index (κ3) is 5.21. The van der Waals surface area contributed by atoms with Crippen molar-refractivity contribution in [2.75, 3.05) is 19.6 Å². The summed E-state index contributed by atoms with van der Waals surface area (Å²) in [6.07, 6.45) is -1.21. The maximum Gasteiger partial charge on any atom is 0.435 e. The molecule has 6 nitrogen and oxygen atoms in total. The summed E-state index contributed by atoms with van der Waals surface area (Å²) >= 11 is 0. The molecule has 9 heteroatoms. The van der Waals surface area contributed by atoms with Crippen LogP contribution in [0.1, 0.15) is 37.1 Å². The number of carbonyl (C=O) groups excluding carboxylic acids is 1. The molecule has 1 fully saturated rings. The van der Waals surface area contributed by atoms with Gasteiger partial charge in [-0.15, -0.1) is 0 Å². The fourth-order valence-corrected chi connectivity index (χ4v) is 2.76. The van der Waals surface area contributed by atoms with Crippen LogP contribution in [0.3, 0.4) is 0 Å². The summed E-state index contributed by atoms with van der Waals surface area (Å²) in [4.78, 5) is 13.6. The lowest BCUT2D eigenvalue weighted by molar-refractivity contribution is -0.141. The summed E-state index contributed by atoms with van der Waals surface area (Å²) < 4.78 is 37.8. The number of hydrogen-bond acceptors (Lipinski definition) is 4. The Morgan fingerprint density at radius 3 is 2.91 bits per heavy atom. The molecule has 4 N–H and O–H groups in total. The Morgan fingerprint density at radius 2 is 2.26 bits per heavy atom. The van der Waals surface area contributed by atoms with Gasteiger partial charge in [-0.1, -0.05) is 6.42 Å². The predicted octanol–water partition coefficient (Wildman–Crippen LogP) is 1.25. The average molecular weight is 333 g/mol. The van der Waals surface area contributed by atoms with Gasteiger partial charge in [0, 0.05) is 37.8 Å². The van der Waals surface area contributed by atoms with Crippen molar-refractivity contribution >= 4 is 5.91 Å². The topological polar surface area (TPSA) is 87.0 Å². The van der Waals surface area contributed by atoms with Crippen LogP contribution in [0.2, 0.25) is 0 Å².